The van der Waals surface area contributed by atoms with Crippen LogP contribution in [0.1, 0.15) is 25.3 Å². The lowest BCUT2D eigenvalue weighted by Crippen LogP contribution is -2.50. The molecule has 8 nitrogen and oxygen atoms in total. The summed E-state index contributed by atoms with van der Waals surface area (Å²) in [5.41, 5.74) is 2.11. The first-order chi connectivity index (χ1) is 11.9. The van der Waals surface area contributed by atoms with Crippen molar-refractivity contribution in [2.75, 3.05) is 30.8 Å². The number of methoxy groups -OCH3 is 1. The summed E-state index contributed by atoms with van der Waals surface area (Å²) in [5.74, 6) is -0.177. The van der Waals surface area contributed by atoms with Gasteiger partial charge in [0.25, 0.3) is 0 Å². The SMILES string of the molecule is COC(=O)N1CCCC(NC(=O)Nc2cc(NC(C)=O)ccc2C)C1. The third kappa shape index (κ3) is 5.37. The Morgan fingerprint density at radius 3 is 2.68 bits per heavy atom. The molecule has 136 valence electrons. The minimum absolute atomic E-state index is 0.133. The van der Waals surface area contributed by atoms with Crippen LogP contribution in [-0.2, 0) is 9.53 Å². The van der Waals surface area contributed by atoms with E-state index >= 15 is 0 Å². The Kier molecular flexibility index (Phi) is 6.21. The van der Waals surface area contributed by atoms with Crippen LogP contribution in [-0.4, -0.2) is 49.2 Å². The molecule has 0 spiro atoms. The van der Waals surface area contributed by atoms with E-state index in [9.17, 15) is 14.4 Å². The number of ether oxygens (including phenoxy) is 1. The molecule has 1 atom stereocenters. The molecule has 1 aliphatic rings. The monoisotopic (exact) mass is 348 g/mol. The summed E-state index contributed by atoms with van der Waals surface area (Å²) in [4.78, 5) is 36.6. The molecule has 1 heterocycles. The van der Waals surface area contributed by atoms with Crippen molar-refractivity contribution in [1.82, 2.24) is 10.2 Å². The molecule has 4 amide bonds. The van der Waals surface area contributed by atoms with Gasteiger partial charge in [0.1, 0.15) is 0 Å². The van der Waals surface area contributed by atoms with E-state index in [0.717, 1.165) is 18.4 Å². The van der Waals surface area contributed by atoms with Gasteiger partial charge in [0.2, 0.25) is 5.91 Å². The van der Waals surface area contributed by atoms with Gasteiger partial charge in [-0.3, -0.25) is 4.79 Å². The number of anilines is 2. The van der Waals surface area contributed by atoms with Crippen LogP contribution in [0.5, 0.6) is 0 Å². The summed E-state index contributed by atoms with van der Waals surface area (Å²) in [6.07, 6.45) is 1.22. The summed E-state index contributed by atoms with van der Waals surface area (Å²) in [6, 6.07) is 4.82. The predicted molar refractivity (Wildman–Crippen MR) is 94.6 cm³/mol. The molecule has 1 aromatic rings. The molecule has 0 saturated carbocycles. The number of rotatable bonds is 3. The average Bonchev–Trinajstić information content (AvgIpc) is 2.57. The molecule has 1 saturated heterocycles. The van der Waals surface area contributed by atoms with Crippen molar-refractivity contribution in [2.45, 2.75) is 32.7 Å². The van der Waals surface area contributed by atoms with Crippen LogP contribution in [0.15, 0.2) is 18.2 Å². The van der Waals surface area contributed by atoms with Crippen molar-refractivity contribution in [1.29, 1.82) is 0 Å². The molecule has 1 aliphatic heterocycles. The van der Waals surface area contributed by atoms with Gasteiger partial charge in [-0.15, -0.1) is 0 Å². The van der Waals surface area contributed by atoms with Gasteiger partial charge in [-0.05, 0) is 37.5 Å². The Bertz CT molecular complexity index is 662. The first-order valence-corrected chi connectivity index (χ1v) is 8.17. The van der Waals surface area contributed by atoms with Gasteiger partial charge >= 0.3 is 12.1 Å². The first kappa shape index (κ1) is 18.6. The van der Waals surface area contributed by atoms with E-state index in [1.807, 2.05) is 13.0 Å². The van der Waals surface area contributed by atoms with Crippen molar-refractivity contribution in [3.05, 3.63) is 23.8 Å². The Hall–Kier alpha value is -2.77. The fourth-order valence-electron chi connectivity index (χ4n) is 2.77. The van der Waals surface area contributed by atoms with E-state index in [-0.39, 0.29) is 24.1 Å². The maximum Gasteiger partial charge on any atom is 0.409 e. The normalized spacial score (nSPS) is 16.8. The highest BCUT2D eigenvalue weighted by molar-refractivity contribution is 5.93. The summed E-state index contributed by atoms with van der Waals surface area (Å²) in [5, 5.41) is 8.35. The number of hydrogen-bond acceptors (Lipinski definition) is 4. The Morgan fingerprint density at radius 1 is 1.24 bits per heavy atom. The number of carbonyl (C=O) groups is 3. The number of carbonyl (C=O) groups excluding carboxylic acids is 3. The maximum atomic E-state index is 12.3. The molecule has 8 heteroatoms. The van der Waals surface area contributed by atoms with Gasteiger partial charge < -0.3 is 25.6 Å². The average molecular weight is 348 g/mol. The summed E-state index contributed by atoms with van der Waals surface area (Å²) in [7, 11) is 1.34. The van der Waals surface area contributed by atoms with Crippen molar-refractivity contribution >= 4 is 29.4 Å². The molecular formula is C17H24N4O4. The highest BCUT2D eigenvalue weighted by Gasteiger charge is 2.25. The molecule has 3 N–H and O–H groups in total. The van der Waals surface area contributed by atoms with Gasteiger partial charge in [-0.1, -0.05) is 6.07 Å². The summed E-state index contributed by atoms with van der Waals surface area (Å²) >= 11 is 0. The highest BCUT2D eigenvalue weighted by Crippen LogP contribution is 2.20. The minimum Gasteiger partial charge on any atom is -0.453 e. The second kappa shape index (κ2) is 8.36. The van der Waals surface area contributed by atoms with Crippen LogP contribution < -0.4 is 16.0 Å². The minimum atomic E-state index is -0.384. The maximum absolute atomic E-state index is 12.3. The van der Waals surface area contributed by atoms with Crippen LogP contribution in [0, 0.1) is 6.92 Å². The lowest BCUT2D eigenvalue weighted by atomic mass is 10.1. The molecule has 0 aliphatic carbocycles. The van der Waals surface area contributed by atoms with Gasteiger partial charge in [0, 0.05) is 37.4 Å². The molecule has 0 radical (unpaired) electrons. The molecule has 1 fully saturated rings. The van der Waals surface area contributed by atoms with Crippen molar-refractivity contribution in [3.8, 4) is 0 Å². The topological polar surface area (TPSA) is 99.8 Å². The predicted octanol–water partition coefficient (Wildman–Crippen LogP) is 2.31. The largest absolute Gasteiger partial charge is 0.453 e. The van der Waals surface area contributed by atoms with Crippen LogP contribution in [0.4, 0.5) is 21.0 Å². The summed E-state index contributed by atoms with van der Waals surface area (Å²) < 4.78 is 4.72. The van der Waals surface area contributed by atoms with Crippen molar-refractivity contribution in [2.24, 2.45) is 0 Å². The second-order valence-corrected chi connectivity index (χ2v) is 6.06. The van der Waals surface area contributed by atoms with E-state index in [4.69, 9.17) is 4.74 Å². The molecule has 0 bridgehead atoms. The van der Waals surface area contributed by atoms with E-state index < -0.39 is 0 Å². The fourth-order valence-corrected chi connectivity index (χ4v) is 2.77. The number of urea groups is 1. The number of likely N-dealkylation sites (tertiary alicyclic amines) is 1. The highest BCUT2D eigenvalue weighted by atomic mass is 16.5. The zero-order valence-electron chi connectivity index (χ0n) is 14.7. The molecule has 0 aromatic heterocycles. The van der Waals surface area contributed by atoms with Crippen LogP contribution in [0.25, 0.3) is 0 Å². The third-order valence-corrected chi connectivity index (χ3v) is 4.00. The second-order valence-electron chi connectivity index (χ2n) is 6.06. The Labute approximate surface area is 146 Å². The quantitative estimate of drug-likeness (QED) is 0.780. The van der Waals surface area contributed by atoms with Gasteiger partial charge in [-0.25, -0.2) is 9.59 Å². The summed E-state index contributed by atoms with van der Waals surface area (Å²) in [6.45, 7) is 4.35. The lowest BCUT2D eigenvalue weighted by molar-refractivity contribution is -0.114. The van der Waals surface area contributed by atoms with Crippen molar-refractivity contribution in [3.63, 3.8) is 0 Å². The lowest BCUT2D eigenvalue weighted by Gasteiger charge is -2.32. The molecule has 1 aromatic carbocycles. The van der Waals surface area contributed by atoms with E-state index in [2.05, 4.69) is 16.0 Å². The molecule has 25 heavy (non-hydrogen) atoms. The number of nitrogens with one attached hydrogen (secondary N) is 3. The van der Waals surface area contributed by atoms with Gasteiger partial charge in [-0.2, -0.15) is 0 Å². The Morgan fingerprint density at radius 2 is 2.00 bits per heavy atom. The fraction of sp³-hybridized carbons (Fsp3) is 0.471. The van der Waals surface area contributed by atoms with Gasteiger partial charge in [0.05, 0.1) is 7.11 Å². The number of benzene rings is 1. The Balaban J connectivity index is 1.95. The van der Waals surface area contributed by atoms with Crippen LogP contribution in [0.2, 0.25) is 0 Å². The number of amides is 4. The third-order valence-electron chi connectivity index (χ3n) is 4.00. The molecule has 2 rings (SSSR count). The number of hydrogen-bond donors (Lipinski definition) is 3. The van der Waals surface area contributed by atoms with Crippen LogP contribution >= 0.6 is 0 Å². The zero-order valence-corrected chi connectivity index (χ0v) is 14.7. The number of nitrogens with zero attached hydrogens (tertiary/aromatic N) is 1. The van der Waals surface area contributed by atoms with Crippen molar-refractivity contribution < 1.29 is 19.1 Å². The smallest absolute Gasteiger partial charge is 0.409 e. The molecule has 1 unspecified atom stereocenters. The molecular weight excluding hydrogens is 324 g/mol. The zero-order chi connectivity index (χ0) is 18.4. The number of piperidine rings is 1. The first-order valence-electron chi connectivity index (χ1n) is 8.17. The van der Waals surface area contributed by atoms with E-state index in [0.29, 0.717) is 24.5 Å². The van der Waals surface area contributed by atoms with E-state index in [1.54, 1.807) is 17.0 Å². The van der Waals surface area contributed by atoms with E-state index in [1.165, 1.54) is 14.0 Å². The van der Waals surface area contributed by atoms with Crippen LogP contribution in [0.3, 0.4) is 0 Å². The standard InChI is InChI=1S/C17H24N4O4/c1-11-6-7-13(18-12(2)22)9-15(11)20-16(23)19-14-5-4-8-21(10-14)17(24)25-3/h6-7,9,14H,4-5,8,10H2,1-3H3,(H,18,22)(H2,19,20,23). The van der Waals surface area contributed by atoms with Gasteiger partial charge in [0.15, 0.2) is 0 Å². The number of aryl methyl sites for hydroxylation is 1.